The van der Waals surface area contributed by atoms with E-state index >= 15 is 0 Å². The minimum absolute atomic E-state index is 0.527. The fourth-order valence-electron chi connectivity index (χ4n) is 1.79. The van der Waals surface area contributed by atoms with Gasteiger partial charge in [-0.05, 0) is 25.0 Å². The highest BCUT2D eigenvalue weighted by atomic mass is 32.2. The molecule has 2 aliphatic heterocycles. The van der Waals surface area contributed by atoms with Crippen molar-refractivity contribution in [1.29, 1.82) is 0 Å². The van der Waals surface area contributed by atoms with Crippen molar-refractivity contribution < 1.29 is 5.11 Å². The molecule has 15 heavy (non-hydrogen) atoms. The van der Waals surface area contributed by atoms with E-state index in [-0.39, 0.29) is 0 Å². The average molecular weight is 229 g/mol. The topological polar surface area (TPSA) is 56.6 Å². The molecular weight excluding hydrogens is 210 g/mol. The minimum Gasteiger partial charge on any atom is -0.387 e. The van der Waals surface area contributed by atoms with Crippen LogP contribution in [0.4, 0.5) is 0 Å². The van der Waals surface area contributed by atoms with Crippen LogP contribution in [0, 0.1) is 0 Å². The Morgan fingerprint density at radius 1 is 1.53 bits per heavy atom. The summed E-state index contributed by atoms with van der Waals surface area (Å²) in [4.78, 5) is 4.39. The van der Waals surface area contributed by atoms with E-state index in [1.807, 2.05) is 11.8 Å². The normalized spacial score (nSPS) is 31.7. The lowest BCUT2D eigenvalue weighted by Crippen LogP contribution is -2.47. The molecule has 1 fully saturated rings. The first kappa shape index (κ1) is 11.1. The smallest absolute Gasteiger partial charge is 0.191 e. The molecule has 5 heteroatoms. The lowest BCUT2D eigenvalue weighted by atomic mass is 10.0. The molecule has 4 nitrogen and oxygen atoms in total. The van der Waals surface area contributed by atoms with Crippen molar-refractivity contribution in [3.05, 3.63) is 0 Å². The molecule has 0 aliphatic carbocycles. The van der Waals surface area contributed by atoms with Gasteiger partial charge in [-0.15, -0.1) is 0 Å². The molecule has 0 amide bonds. The SMILES string of the molecule is O[C@]1(CNC2=NCCCCN2)CCSC1. The summed E-state index contributed by atoms with van der Waals surface area (Å²) in [5, 5.41) is 16.6. The number of nitrogens with one attached hydrogen (secondary N) is 2. The molecule has 0 bridgehead atoms. The molecule has 0 unspecified atom stereocenters. The fraction of sp³-hybridized carbons (Fsp3) is 0.900. The van der Waals surface area contributed by atoms with Crippen molar-refractivity contribution in [2.45, 2.75) is 24.9 Å². The van der Waals surface area contributed by atoms with E-state index in [9.17, 15) is 5.11 Å². The monoisotopic (exact) mass is 229 g/mol. The van der Waals surface area contributed by atoms with Gasteiger partial charge in [0.15, 0.2) is 5.96 Å². The third-order valence-electron chi connectivity index (χ3n) is 2.81. The van der Waals surface area contributed by atoms with Gasteiger partial charge < -0.3 is 15.7 Å². The molecule has 0 saturated carbocycles. The van der Waals surface area contributed by atoms with Crippen LogP contribution < -0.4 is 10.6 Å². The molecule has 1 atom stereocenters. The molecular formula is C10H19N3OS. The highest BCUT2D eigenvalue weighted by molar-refractivity contribution is 7.99. The van der Waals surface area contributed by atoms with Crippen molar-refractivity contribution in [3.63, 3.8) is 0 Å². The van der Waals surface area contributed by atoms with E-state index in [1.54, 1.807) is 0 Å². The largest absolute Gasteiger partial charge is 0.387 e. The number of nitrogens with zero attached hydrogens (tertiary/aromatic N) is 1. The third kappa shape index (κ3) is 3.28. The molecule has 2 rings (SSSR count). The van der Waals surface area contributed by atoms with Crippen molar-refractivity contribution >= 4 is 17.7 Å². The van der Waals surface area contributed by atoms with Gasteiger partial charge in [0.2, 0.25) is 0 Å². The second-order valence-electron chi connectivity index (χ2n) is 4.24. The highest BCUT2D eigenvalue weighted by Crippen LogP contribution is 2.26. The Labute approximate surface area is 94.9 Å². The molecule has 2 heterocycles. The molecule has 0 spiro atoms. The number of hydrogen-bond donors (Lipinski definition) is 3. The first-order valence-corrected chi connectivity index (χ1v) is 6.76. The van der Waals surface area contributed by atoms with E-state index in [0.29, 0.717) is 6.54 Å². The predicted octanol–water partition coefficient (Wildman–Crippen LogP) is 0.183. The first-order valence-electron chi connectivity index (χ1n) is 5.61. The zero-order valence-electron chi connectivity index (χ0n) is 8.96. The van der Waals surface area contributed by atoms with E-state index in [0.717, 1.165) is 43.4 Å². The maximum Gasteiger partial charge on any atom is 0.191 e. The molecule has 0 aromatic heterocycles. The molecule has 86 valence electrons. The van der Waals surface area contributed by atoms with Gasteiger partial charge in [-0.3, -0.25) is 4.99 Å². The highest BCUT2D eigenvalue weighted by Gasteiger charge is 2.31. The average Bonchev–Trinajstić information content (AvgIpc) is 2.53. The summed E-state index contributed by atoms with van der Waals surface area (Å²) in [6, 6.07) is 0. The summed E-state index contributed by atoms with van der Waals surface area (Å²) >= 11 is 1.82. The van der Waals surface area contributed by atoms with E-state index < -0.39 is 5.60 Å². The number of aliphatic imine (C=N–C) groups is 1. The molecule has 0 aromatic rings. The summed E-state index contributed by atoms with van der Waals surface area (Å²) in [5.74, 6) is 2.77. The lowest BCUT2D eigenvalue weighted by molar-refractivity contribution is 0.0724. The van der Waals surface area contributed by atoms with Gasteiger partial charge in [0.1, 0.15) is 0 Å². The first-order chi connectivity index (χ1) is 7.29. The number of thioether (sulfide) groups is 1. The molecule has 0 aromatic carbocycles. The summed E-state index contributed by atoms with van der Waals surface area (Å²) in [6.07, 6.45) is 3.21. The van der Waals surface area contributed by atoms with Gasteiger partial charge in [0.05, 0.1) is 5.60 Å². The maximum atomic E-state index is 10.1. The van der Waals surface area contributed by atoms with Gasteiger partial charge in [0.25, 0.3) is 0 Å². The van der Waals surface area contributed by atoms with Crippen LogP contribution in [-0.4, -0.2) is 47.8 Å². The second-order valence-corrected chi connectivity index (χ2v) is 5.35. The number of rotatable bonds is 2. The van der Waals surface area contributed by atoms with Gasteiger partial charge in [0, 0.05) is 25.4 Å². The second kappa shape index (κ2) is 5.07. The summed E-state index contributed by atoms with van der Waals surface area (Å²) in [6.45, 7) is 2.49. The third-order valence-corrected chi connectivity index (χ3v) is 4.05. The van der Waals surface area contributed by atoms with Crippen molar-refractivity contribution in [1.82, 2.24) is 10.6 Å². The van der Waals surface area contributed by atoms with Crippen LogP contribution in [0.1, 0.15) is 19.3 Å². The van der Waals surface area contributed by atoms with Crippen LogP contribution in [0.5, 0.6) is 0 Å². The Balaban J connectivity index is 1.78. The number of aliphatic hydroxyl groups is 1. The Kier molecular flexibility index (Phi) is 3.75. The Morgan fingerprint density at radius 2 is 2.47 bits per heavy atom. The summed E-state index contributed by atoms with van der Waals surface area (Å²) < 4.78 is 0. The van der Waals surface area contributed by atoms with Crippen molar-refractivity contribution in [2.24, 2.45) is 4.99 Å². The molecule has 3 N–H and O–H groups in total. The Morgan fingerprint density at radius 3 is 3.27 bits per heavy atom. The zero-order valence-corrected chi connectivity index (χ0v) is 9.78. The van der Waals surface area contributed by atoms with Crippen molar-refractivity contribution in [3.8, 4) is 0 Å². The van der Waals surface area contributed by atoms with Gasteiger partial charge >= 0.3 is 0 Å². The summed E-state index contributed by atoms with van der Waals surface area (Å²) in [7, 11) is 0. The van der Waals surface area contributed by atoms with Crippen LogP contribution in [-0.2, 0) is 0 Å². The summed E-state index contributed by atoms with van der Waals surface area (Å²) in [5.41, 5.74) is -0.527. The van der Waals surface area contributed by atoms with Crippen molar-refractivity contribution in [2.75, 3.05) is 31.1 Å². The van der Waals surface area contributed by atoms with Crippen LogP contribution in [0.15, 0.2) is 4.99 Å². The maximum absolute atomic E-state index is 10.1. The van der Waals surface area contributed by atoms with E-state index in [1.165, 1.54) is 6.42 Å². The van der Waals surface area contributed by atoms with Gasteiger partial charge in [-0.1, -0.05) is 0 Å². The fourth-order valence-corrected chi connectivity index (χ4v) is 3.09. The lowest BCUT2D eigenvalue weighted by Gasteiger charge is -2.22. The van der Waals surface area contributed by atoms with Crippen LogP contribution in [0.3, 0.4) is 0 Å². The Hall–Kier alpha value is -0.420. The molecule has 2 aliphatic rings. The Bertz CT molecular complexity index is 239. The number of hydrogen-bond acceptors (Lipinski definition) is 5. The van der Waals surface area contributed by atoms with E-state index in [4.69, 9.17) is 0 Å². The zero-order chi connectivity index (χ0) is 10.6. The van der Waals surface area contributed by atoms with Gasteiger partial charge in [-0.25, -0.2) is 0 Å². The molecule has 0 radical (unpaired) electrons. The van der Waals surface area contributed by atoms with Crippen LogP contribution in [0.2, 0.25) is 0 Å². The standard InChI is InChI=1S/C10H19N3OS/c14-10(3-6-15-8-10)7-13-9-11-4-1-2-5-12-9/h14H,1-8H2,(H2,11,12,13)/t10-/m0/s1. The van der Waals surface area contributed by atoms with E-state index in [2.05, 4.69) is 15.6 Å². The predicted molar refractivity (Wildman–Crippen MR) is 64.4 cm³/mol. The van der Waals surface area contributed by atoms with Gasteiger partial charge in [-0.2, -0.15) is 11.8 Å². The van der Waals surface area contributed by atoms with Crippen LogP contribution in [0.25, 0.3) is 0 Å². The van der Waals surface area contributed by atoms with Crippen LogP contribution >= 0.6 is 11.8 Å². The quantitative estimate of drug-likeness (QED) is 0.632. The molecule has 1 saturated heterocycles. The minimum atomic E-state index is -0.527. The number of guanidine groups is 1.